The van der Waals surface area contributed by atoms with Gasteiger partial charge < -0.3 is 5.43 Å². The Morgan fingerprint density at radius 3 is 2.82 bits per heavy atom. The van der Waals surface area contributed by atoms with Crippen molar-refractivity contribution < 1.29 is 4.39 Å². The van der Waals surface area contributed by atoms with Crippen molar-refractivity contribution >= 4 is 17.3 Å². The fraction of sp³-hybridized carbons (Fsp3) is 0.143. The van der Waals surface area contributed by atoms with Crippen LogP contribution in [0, 0.1) is 5.82 Å². The van der Waals surface area contributed by atoms with E-state index in [2.05, 4.69) is 5.43 Å². The van der Waals surface area contributed by atoms with E-state index in [9.17, 15) is 4.39 Å². The molecule has 0 spiro atoms. The molecular formula is C7H8ClFN2. The van der Waals surface area contributed by atoms with Gasteiger partial charge in [0.2, 0.25) is 0 Å². The van der Waals surface area contributed by atoms with Crippen molar-refractivity contribution in [2.45, 2.75) is 5.88 Å². The summed E-state index contributed by atoms with van der Waals surface area (Å²) in [5, 5.41) is 0. The number of benzene rings is 1. The largest absolute Gasteiger partial charge is 0.324 e. The van der Waals surface area contributed by atoms with Crippen molar-refractivity contribution in [3.05, 3.63) is 29.6 Å². The fourth-order valence-electron chi connectivity index (χ4n) is 0.814. The van der Waals surface area contributed by atoms with Gasteiger partial charge >= 0.3 is 0 Å². The second-order valence-corrected chi connectivity index (χ2v) is 2.35. The molecule has 1 aromatic rings. The highest BCUT2D eigenvalue weighted by Crippen LogP contribution is 2.17. The highest BCUT2D eigenvalue weighted by atomic mass is 35.5. The van der Waals surface area contributed by atoms with E-state index in [1.807, 2.05) is 0 Å². The molecule has 0 aromatic heterocycles. The van der Waals surface area contributed by atoms with Crippen molar-refractivity contribution in [1.82, 2.24) is 0 Å². The lowest BCUT2D eigenvalue weighted by Gasteiger charge is -2.04. The fourth-order valence-corrected chi connectivity index (χ4v) is 1.03. The molecule has 0 heterocycles. The third-order valence-corrected chi connectivity index (χ3v) is 1.65. The molecule has 0 aliphatic rings. The molecule has 0 saturated carbocycles. The van der Waals surface area contributed by atoms with Gasteiger partial charge in [-0.15, -0.1) is 11.6 Å². The van der Waals surface area contributed by atoms with Gasteiger partial charge in [-0.05, 0) is 23.8 Å². The third kappa shape index (κ3) is 1.82. The normalized spacial score (nSPS) is 9.73. The average Bonchev–Trinajstić information content (AvgIpc) is 2.04. The number of alkyl halides is 1. The van der Waals surface area contributed by atoms with E-state index in [1.165, 1.54) is 12.1 Å². The number of nitrogens with two attached hydrogens (primary N) is 1. The molecule has 60 valence electrons. The maximum atomic E-state index is 12.5. The number of nitrogen functional groups attached to an aromatic ring is 1. The van der Waals surface area contributed by atoms with Crippen molar-refractivity contribution in [3.63, 3.8) is 0 Å². The summed E-state index contributed by atoms with van der Waals surface area (Å²) in [5.74, 6) is 5.09. The third-order valence-electron chi connectivity index (χ3n) is 1.37. The molecule has 0 unspecified atom stereocenters. The first-order valence-electron chi connectivity index (χ1n) is 3.09. The number of anilines is 1. The Bertz CT molecular complexity index is 252. The predicted octanol–water partition coefficient (Wildman–Crippen LogP) is 1.85. The Labute approximate surface area is 69.1 Å². The zero-order chi connectivity index (χ0) is 8.27. The van der Waals surface area contributed by atoms with Crippen molar-refractivity contribution in [2.24, 2.45) is 5.84 Å². The molecular weight excluding hydrogens is 167 g/mol. The highest BCUT2D eigenvalue weighted by Gasteiger charge is 2.00. The summed E-state index contributed by atoms with van der Waals surface area (Å²) < 4.78 is 12.5. The number of hydrogen-bond donors (Lipinski definition) is 2. The van der Waals surface area contributed by atoms with Crippen LogP contribution >= 0.6 is 11.6 Å². The number of rotatable bonds is 2. The van der Waals surface area contributed by atoms with Crippen LogP contribution in [-0.2, 0) is 5.88 Å². The smallest absolute Gasteiger partial charge is 0.123 e. The Hall–Kier alpha value is -0.800. The summed E-state index contributed by atoms with van der Waals surface area (Å²) in [4.78, 5) is 0. The van der Waals surface area contributed by atoms with E-state index >= 15 is 0 Å². The molecule has 11 heavy (non-hydrogen) atoms. The Morgan fingerprint density at radius 1 is 1.55 bits per heavy atom. The first-order valence-corrected chi connectivity index (χ1v) is 3.62. The van der Waals surface area contributed by atoms with Gasteiger partial charge in [-0.25, -0.2) is 4.39 Å². The molecule has 0 aliphatic carbocycles. The van der Waals surface area contributed by atoms with Crippen LogP contribution in [0.4, 0.5) is 10.1 Å². The number of hydrazine groups is 1. The molecule has 0 bridgehead atoms. The number of halogens is 2. The lowest BCUT2D eigenvalue weighted by molar-refractivity contribution is 0.626. The van der Waals surface area contributed by atoms with Crippen LogP contribution in [0.3, 0.4) is 0 Å². The highest BCUT2D eigenvalue weighted by molar-refractivity contribution is 6.17. The van der Waals surface area contributed by atoms with Gasteiger partial charge in [0.25, 0.3) is 0 Å². The molecule has 0 aliphatic heterocycles. The Kier molecular flexibility index (Phi) is 2.68. The number of hydrogen-bond acceptors (Lipinski definition) is 2. The van der Waals surface area contributed by atoms with Gasteiger partial charge in [0.1, 0.15) is 5.82 Å². The van der Waals surface area contributed by atoms with Gasteiger partial charge in [-0.2, -0.15) is 0 Å². The summed E-state index contributed by atoms with van der Waals surface area (Å²) in [6, 6.07) is 4.22. The minimum absolute atomic E-state index is 0.247. The monoisotopic (exact) mass is 174 g/mol. The summed E-state index contributed by atoms with van der Waals surface area (Å²) >= 11 is 5.52. The second-order valence-electron chi connectivity index (χ2n) is 2.08. The molecule has 4 heteroatoms. The average molecular weight is 175 g/mol. The molecule has 0 atom stereocenters. The van der Waals surface area contributed by atoms with Crippen molar-refractivity contribution in [2.75, 3.05) is 5.43 Å². The van der Waals surface area contributed by atoms with Crippen LogP contribution in [0.1, 0.15) is 5.56 Å². The van der Waals surface area contributed by atoms with Gasteiger partial charge in [-0.3, -0.25) is 5.84 Å². The van der Waals surface area contributed by atoms with Crippen LogP contribution in [0.15, 0.2) is 18.2 Å². The maximum absolute atomic E-state index is 12.5. The zero-order valence-corrected chi connectivity index (χ0v) is 6.53. The quantitative estimate of drug-likeness (QED) is 0.408. The first-order chi connectivity index (χ1) is 5.27. The molecule has 0 radical (unpaired) electrons. The molecule has 2 nitrogen and oxygen atoms in total. The lowest BCUT2D eigenvalue weighted by atomic mass is 10.2. The van der Waals surface area contributed by atoms with E-state index < -0.39 is 0 Å². The minimum atomic E-state index is -0.306. The van der Waals surface area contributed by atoms with E-state index in [-0.39, 0.29) is 11.7 Å². The predicted molar refractivity (Wildman–Crippen MR) is 43.8 cm³/mol. The molecule has 0 fully saturated rings. The zero-order valence-electron chi connectivity index (χ0n) is 5.77. The van der Waals surface area contributed by atoms with Gasteiger partial charge in [0.05, 0.1) is 5.69 Å². The SMILES string of the molecule is NNc1ccc(F)cc1CCl. The van der Waals surface area contributed by atoms with Crippen LogP contribution in [0.2, 0.25) is 0 Å². The van der Waals surface area contributed by atoms with E-state index in [0.29, 0.717) is 11.3 Å². The molecule has 1 aromatic carbocycles. The Balaban J connectivity index is 3.06. The summed E-state index contributed by atoms with van der Waals surface area (Å²) in [6.45, 7) is 0. The molecule has 3 N–H and O–H groups in total. The van der Waals surface area contributed by atoms with Crippen LogP contribution in [-0.4, -0.2) is 0 Å². The molecule has 1 rings (SSSR count). The topological polar surface area (TPSA) is 38.0 Å². The first kappa shape index (κ1) is 8.30. The summed E-state index contributed by atoms with van der Waals surface area (Å²) in [7, 11) is 0. The van der Waals surface area contributed by atoms with Crippen LogP contribution in [0.5, 0.6) is 0 Å². The maximum Gasteiger partial charge on any atom is 0.123 e. The second kappa shape index (κ2) is 3.55. The van der Waals surface area contributed by atoms with E-state index in [4.69, 9.17) is 17.4 Å². The van der Waals surface area contributed by atoms with Crippen molar-refractivity contribution in [1.29, 1.82) is 0 Å². The number of nitrogens with one attached hydrogen (secondary N) is 1. The summed E-state index contributed by atoms with van der Waals surface area (Å²) in [6.07, 6.45) is 0. The van der Waals surface area contributed by atoms with E-state index in [1.54, 1.807) is 6.07 Å². The molecule has 0 saturated heterocycles. The minimum Gasteiger partial charge on any atom is -0.324 e. The summed E-state index contributed by atoms with van der Waals surface area (Å²) in [5.41, 5.74) is 3.74. The van der Waals surface area contributed by atoms with Crippen molar-refractivity contribution in [3.8, 4) is 0 Å². The standard InChI is InChI=1S/C7H8ClFN2/c8-4-5-3-6(9)1-2-7(5)11-10/h1-3,11H,4,10H2. The lowest BCUT2D eigenvalue weighted by Crippen LogP contribution is -2.08. The van der Waals surface area contributed by atoms with Gasteiger partial charge in [0, 0.05) is 5.88 Å². The Morgan fingerprint density at radius 2 is 2.27 bits per heavy atom. The van der Waals surface area contributed by atoms with Crippen LogP contribution < -0.4 is 11.3 Å². The van der Waals surface area contributed by atoms with E-state index in [0.717, 1.165) is 0 Å². The van der Waals surface area contributed by atoms with Crippen LogP contribution in [0.25, 0.3) is 0 Å². The van der Waals surface area contributed by atoms with Gasteiger partial charge in [0.15, 0.2) is 0 Å². The molecule has 0 amide bonds. The van der Waals surface area contributed by atoms with Gasteiger partial charge in [-0.1, -0.05) is 0 Å².